The number of nitrogens with zero attached hydrogens (tertiary/aromatic N) is 1. The summed E-state index contributed by atoms with van der Waals surface area (Å²) >= 11 is 0. The zero-order valence-corrected chi connectivity index (χ0v) is 13.3. The van der Waals surface area contributed by atoms with Crippen molar-refractivity contribution in [2.24, 2.45) is 11.1 Å². The minimum absolute atomic E-state index is 0.00224. The summed E-state index contributed by atoms with van der Waals surface area (Å²) in [5.74, 6) is -1.53. The number of ketones is 1. The third kappa shape index (κ3) is 3.09. The molecule has 0 saturated heterocycles. The minimum Gasteiger partial charge on any atom is -0.461 e. The van der Waals surface area contributed by atoms with Crippen LogP contribution in [0.5, 0.6) is 0 Å². The third-order valence-electron chi connectivity index (χ3n) is 4.64. The fourth-order valence-corrected chi connectivity index (χ4v) is 3.17. The van der Waals surface area contributed by atoms with Gasteiger partial charge in [0.05, 0.1) is 13.0 Å². The van der Waals surface area contributed by atoms with Crippen LogP contribution < -0.4 is 5.32 Å². The van der Waals surface area contributed by atoms with Crippen LogP contribution in [0, 0.1) is 5.92 Å². The molecule has 2 aliphatic carbocycles. The Balaban J connectivity index is 1.75. The minimum atomic E-state index is -1.69. The van der Waals surface area contributed by atoms with Crippen molar-refractivity contribution in [2.75, 3.05) is 6.61 Å². The van der Waals surface area contributed by atoms with Gasteiger partial charge in [0, 0.05) is 12.0 Å². The second-order valence-corrected chi connectivity index (χ2v) is 6.45. The molecule has 3 aliphatic rings. The normalized spacial score (nSPS) is 27.3. The Morgan fingerprint density at radius 3 is 2.57 bits per heavy atom. The van der Waals surface area contributed by atoms with E-state index in [1.807, 2.05) is 0 Å². The smallest absolute Gasteiger partial charge is 0.356 e. The number of nitrogens with one attached hydrogen (secondary N) is 1. The average molecular weight is 322 g/mol. The fraction of sp³-hybridized carbons (Fsp3) is 0.750. The second kappa shape index (κ2) is 6.29. The van der Waals surface area contributed by atoms with Crippen LogP contribution in [-0.2, 0) is 24.0 Å². The van der Waals surface area contributed by atoms with Crippen LogP contribution in [0.1, 0.15) is 51.9 Å². The summed E-state index contributed by atoms with van der Waals surface area (Å²) in [7, 11) is 0. The molecular weight excluding hydrogens is 300 g/mol. The van der Waals surface area contributed by atoms with Crippen LogP contribution in [-0.4, -0.2) is 41.6 Å². The number of carbonyl (C=O) groups excluding carboxylic acids is 3. The molecule has 2 saturated carbocycles. The van der Waals surface area contributed by atoms with Gasteiger partial charge in [-0.2, -0.15) is 0 Å². The first-order valence-corrected chi connectivity index (χ1v) is 8.34. The first-order chi connectivity index (χ1) is 11.1. The van der Waals surface area contributed by atoms with Crippen LogP contribution >= 0.6 is 0 Å². The number of Topliss-reactive ketones (excluding diaryl/α,β-unsaturated/α-hetero) is 1. The van der Waals surface area contributed by atoms with Crippen molar-refractivity contribution in [1.29, 1.82) is 0 Å². The van der Waals surface area contributed by atoms with E-state index in [2.05, 4.69) is 10.5 Å². The maximum Gasteiger partial charge on any atom is 0.356 e. The van der Waals surface area contributed by atoms with Gasteiger partial charge in [0.15, 0.2) is 11.5 Å². The van der Waals surface area contributed by atoms with Crippen molar-refractivity contribution < 1.29 is 24.0 Å². The molecule has 0 spiro atoms. The van der Waals surface area contributed by atoms with Gasteiger partial charge in [0.1, 0.15) is 0 Å². The molecule has 1 N–H and O–H groups in total. The van der Waals surface area contributed by atoms with E-state index in [1.165, 1.54) is 0 Å². The molecule has 0 aromatic heterocycles. The molecule has 0 aromatic rings. The molecule has 1 unspecified atom stereocenters. The maximum absolute atomic E-state index is 12.7. The van der Waals surface area contributed by atoms with E-state index < -0.39 is 17.5 Å². The molecule has 1 amide bonds. The van der Waals surface area contributed by atoms with Crippen molar-refractivity contribution in [3.63, 3.8) is 0 Å². The highest BCUT2D eigenvalue weighted by atomic mass is 16.7. The quantitative estimate of drug-likeness (QED) is 0.584. The number of esters is 1. The summed E-state index contributed by atoms with van der Waals surface area (Å²) in [5, 5.41) is 6.60. The van der Waals surface area contributed by atoms with Crippen molar-refractivity contribution in [2.45, 2.75) is 63.5 Å². The van der Waals surface area contributed by atoms with Gasteiger partial charge in [0.2, 0.25) is 0 Å². The second-order valence-electron chi connectivity index (χ2n) is 6.45. The Hall–Kier alpha value is -1.92. The number of oxime groups is 1. The fourth-order valence-electron chi connectivity index (χ4n) is 3.17. The summed E-state index contributed by atoms with van der Waals surface area (Å²) in [6, 6.07) is 0.0709. The van der Waals surface area contributed by atoms with Gasteiger partial charge in [-0.05, 0) is 32.6 Å². The van der Waals surface area contributed by atoms with E-state index >= 15 is 0 Å². The number of amides is 1. The molecule has 126 valence electrons. The highest BCUT2D eigenvalue weighted by Crippen LogP contribution is 2.39. The molecule has 3 rings (SSSR count). The molecule has 2 fully saturated rings. The molecule has 1 aliphatic heterocycles. The van der Waals surface area contributed by atoms with Crippen molar-refractivity contribution >= 4 is 23.4 Å². The summed E-state index contributed by atoms with van der Waals surface area (Å²) in [6.07, 6.45) is 5.33. The van der Waals surface area contributed by atoms with Gasteiger partial charge in [-0.25, -0.2) is 4.79 Å². The third-order valence-corrected chi connectivity index (χ3v) is 4.64. The lowest BCUT2D eigenvalue weighted by atomic mass is 9.88. The maximum atomic E-state index is 12.7. The topological polar surface area (TPSA) is 94.1 Å². The number of ether oxygens (including phenoxy) is 1. The van der Waals surface area contributed by atoms with Crippen molar-refractivity contribution in [3.05, 3.63) is 0 Å². The van der Waals surface area contributed by atoms with Crippen LogP contribution in [0.4, 0.5) is 0 Å². The van der Waals surface area contributed by atoms with Gasteiger partial charge in [-0.15, -0.1) is 0 Å². The number of carbonyl (C=O) groups is 3. The lowest BCUT2D eigenvalue weighted by Gasteiger charge is -2.25. The van der Waals surface area contributed by atoms with Crippen LogP contribution in [0.3, 0.4) is 0 Å². The first-order valence-electron chi connectivity index (χ1n) is 8.34. The Bertz CT molecular complexity index is 549. The lowest BCUT2D eigenvalue weighted by Crippen LogP contribution is -2.55. The van der Waals surface area contributed by atoms with E-state index in [0.29, 0.717) is 0 Å². The molecule has 7 nitrogen and oxygen atoms in total. The molecule has 23 heavy (non-hydrogen) atoms. The van der Waals surface area contributed by atoms with Crippen LogP contribution in [0.25, 0.3) is 0 Å². The van der Waals surface area contributed by atoms with Gasteiger partial charge in [0.25, 0.3) is 11.5 Å². The highest BCUT2D eigenvalue weighted by molar-refractivity contribution is 6.39. The van der Waals surface area contributed by atoms with Crippen LogP contribution in [0.2, 0.25) is 0 Å². The molecular formula is C16H22N2O5. The highest BCUT2D eigenvalue weighted by Gasteiger charge is 2.58. The van der Waals surface area contributed by atoms with Gasteiger partial charge in [-0.1, -0.05) is 18.0 Å². The molecule has 1 atom stereocenters. The lowest BCUT2D eigenvalue weighted by molar-refractivity contribution is -0.157. The SMILES string of the molecule is CCOC(=O)C1=NOC(C(=O)NC2CCCC2)(C(=O)C2CC2)C1. The Kier molecular flexibility index (Phi) is 4.37. The van der Waals surface area contributed by atoms with Crippen molar-refractivity contribution in [1.82, 2.24) is 5.32 Å². The Labute approximate surface area is 134 Å². The van der Waals surface area contributed by atoms with Crippen LogP contribution in [0.15, 0.2) is 5.16 Å². The molecule has 1 heterocycles. The van der Waals surface area contributed by atoms with Gasteiger partial charge >= 0.3 is 5.97 Å². The number of hydrogen-bond acceptors (Lipinski definition) is 6. The largest absolute Gasteiger partial charge is 0.461 e. The van der Waals surface area contributed by atoms with E-state index in [-0.39, 0.29) is 36.5 Å². The Morgan fingerprint density at radius 2 is 1.96 bits per heavy atom. The predicted molar refractivity (Wildman–Crippen MR) is 80.6 cm³/mol. The molecule has 0 aromatic carbocycles. The number of hydrogen-bond donors (Lipinski definition) is 1. The van der Waals surface area contributed by atoms with E-state index in [0.717, 1.165) is 38.5 Å². The van der Waals surface area contributed by atoms with E-state index in [4.69, 9.17) is 9.57 Å². The predicted octanol–water partition coefficient (Wildman–Crippen LogP) is 1.10. The molecule has 7 heteroatoms. The summed E-state index contributed by atoms with van der Waals surface area (Å²) in [4.78, 5) is 42.5. The summed E-state index contributed by atoms with van der Waals surface area (Å²) in [6.45, 7) is 1.89. The van der Waals surface area contributed by atoms with E-state index in [9.17, 15) is 14.4 Å². The molecule has 0 bridgehead atoms. The summed E-state index contributed by atoms with van der Waals surface area (Å²) in [5.41, 5.74) is -1.69. The summed E-state index contributed by atoms with van der Waals surface area (Å²) < 4.78 is 4.90. The monoisotopic (exact) mass is 322 g/mol. The average Bonchev–Trinajstić information content (AvgIpc) is 3.07. The first kappa shape index (κ1) is 16.0. The van der Waals surface area contributed by atoms with Crippen molar-refractivity contribution in [3.8, 4) is 0 Å². The zero-order chi connectivity index (χ0) is 16.4. The van der Waals surface area contributed by atoms with E-state index in [1.54, 1.807) is 6.92 Å². The molecule has 0 radical (unpaired) electrons. The zero-order valence-electron chi connectivity index (χ0n) is 13.3. The Morgan fingerprint density at radius 1 is 1.26 bits per heavy atom. The van der Waals surface area contributed by atoms with Gasteiger partial charge < -0.3 is 14.9 Å². The standard InChI is InChI=1S/C16H22N2O5/c1-2-22-14(20)12-9-16(23-18-12,13(19)10-7-8-10)15(21)17-11-5-3-4-6-11/h10-11H,2-9H2,1H3,(H,17,21). The van der Waals surface area contributed by atoms with Gasteiger partial charge in [-0.3, -0.25) is 9.59 Å². The number of rotatable bonds is 6.